The van der Waals surface area contributed by atoms with E-state index in [1.165, 1.54) is 17.0 Å². The summed E-state index contributed by atoms with van der Waals surface area (Å²) in [5.74, 6) is -0.270. The third-order valence-corrected chi connectivity index (χ3v) is 7.54. The molecule has 6 rings (SSSR count). The number of fused-ring (bicyclic) bond motifs is 2. The minimum Gasteiger partial charge on any atom is -0.494 e. The fourth-order valence-electron chi connectivity index (χ4n) is 4.65. The van der Waals surface area contributed by atoms with E-state index in [-0.39, 0.29) is 20.8 Å². The maximum Gasteiger partial charge on any atom is 0.416 e. The zero-order chi connectivity index (χ0) is 29.6. The first-order valence-corrected chi connectivity index (χ1v) is 13.5. The Labute approximate surface area is 239 Å². The number of carbonyl (C=O) groups is 2. The molecule has 0 bridgehead atoms. The lowest BCUT2D eigenvalue weighted by molar-refractivity contribution is -0.137. The van der Waals surface area contributed by atoms with Gasteiger partial charge in [-0.25, -0.2) is 0 Å². The van der Waals surface area contributed by atoms with Crippen LogP contribution in [0.5, 0.6) is 5.75 Å². The van der Waals surface area contributed by atoms with Gasteiger partial charge in [0.05, 0.1) is 23.4 Å². The quantitative estimate of drug-likeness (QED) is 0.318. The molecular formula is C29H20F3N5O4S. The number of aromatic nitrogens is 3. The first-order chi connectivity index (χ1) is 20.1. The summed E-state index contributed by atoms with van der Waals surface area (Å²) in [6.45, 7) is 1.93. The van der Waals surface area contributed by atoms with Crippen LogP contribution in [0.4, 0.5) is 24.5 Å². The predicted molar refractivity (Wildman–Crippen MR) is 150 cm³/mol. The van der Waals surface area contributed by atoms with Gasteiger partial charge in [0.1, 0.15) is 16.8 Å². The van der Waals surface area contributed by atoms with E-state index in [0.29, 0.717) is 35.0 Å². The highest BCUT2D eigenvalue weighted by Gasteiger charge is 2.36. The maximum absolute atomic E-state index is 13.6. The van der Waals surface area contributed by atoms with Crippen LogP contribution in [0.2, 0.25) is 0 Å². The van der Waals surface area contributed by atoms with Crippen molar-refractivity contribution in [3.63, 3.8) is 0 Å². The second kappa shape index (κ2) is 10.4. The SMILES string of the molecule is CCOc1ccc(-c2nc3s/c(=C4\C(=O)N(CC(=O)Nc5cccc(C(F)(F)F)c5)c5ccccc54)c(=O)n3n2)cc1. The fraction of sp³-hybridized carbons (Fsp3) is 0.138. The van der Waals surface area contributed by atoms with E-state index in [1.54, 1.807) is 48.5 Å². The summed E-state index contributed by atoms with van der Waals surface area (Å²) >= 11 is 1.00. The molecule has 0 unspecified atom stereocenters. The minimum absolute atomic E-state index is 0.0605. The molecule has 9 nitrogen and oxygen atoms in total. The molecule has 1 aliphatic heterocycles. The number of halogens is 3. The molecule has 2 amide bonds. The Morgan fingerprint density at radius 2 is 1.79 bits per heavy atom. The monoisotopic (exact) mass is 591 g/mol. The largest absolute Gasteiger partial charge is 0.494 e. The molecular weight excluding hydrogens is 571 g/mol. The molecule has 0 spiro atoms. The molecule has 13 heteroatoms. The van der Waals surface area contributed by atoms with Crippen LogP contribution < -0.4 is 25.0 Å². The summed E-state index contributed by atoms with van der Waals surface area (Å²) in [4.78, 5) is 45.8. The van der Waals surface area contributed by atoms with E-state index in [4.69, 9.17) is 4.74 Å². The molecule has 1 N–H and O–H groups in total. The topological polar surface area (TPSA) is 106 Å². The molecule has 0 radical (unpaired) electrons. The maximum atomic E-state index is 13.6. The third-order valence-electron chi connectivity index (χ3n) is 6.51. The average Bonchev–Trinajstić information content (AvgIpc) is 3.60. The fourth-order valence-corrected chi connectivity index (χ4v) is 5.65. The number of carbonyl (C=O) groups excluding carboxylic acids is 2. The van der Waals surface area contributed by atoms with Crippen LogP contribution in [0, 0.1) is 0 Å². The van der Waals surface area contributed by atoms with Crippen molar-refractivity contribution in [2.45, 2.75) is 13.1 Å². The summed E-state index contributed by atoms with van der Waals surface area (Å²) in [6, 6.07) is 18.0. The standard InChI is InChI=1S/C29H20F3N5O4S/c1-2-41-19-12-10-16(11-13-19)25-34-28-37(35-25)27(40)24(42-28)23-20-8-3-4-9-21(20)36(26(23)39)15-22(38)33-18-7-5-6-17(14-18)29(30,31)32/h3-14H,2,15H2,1H3,(H,33,38)/b24-23-. The molecule has 42 heavy (non-hydrogen) atoms. The van der Waals surface area contributed by atoms with Crippen molar-refractivity contribution >= 4 is 45.1 Å². The van der Waals surface area contributed by atoms with Crippen molar-refractivity contribution in [1.82, 2.24) is 14.6 Å². The van der Waals surface area contributed by atoms with E-state index in [0.717, 1.165) is 28.0 Å². The highest BCUT2D eigenvalue weighted by atomic mass is 32.1. The number of alkyl halides is 3. The van der Waals surface area contributed by atoms with Gasteiger partial charge in [-0.1, -0.05) is 35.6 Å². The lowest BCUT2D eigenvalue weighted by atomic mass is 10.1. The number of nitrogens with one attached hydrogen (secondary N) is 1. The Morgan fingerprint density at radius 1 is 1.02 bits per heavy atom. The normalized spacial score (nSPS) is 14.4. The van der Waals surface area contributed by atoms with Crippen molar-refractivity contribution in [2.75, 3.05) is 23.4 Å². The number of rotatable bonds is 6. The summed E-state index contributed by atoms with van der Waals surface area (Å²) in [5, 5.41) is 6.77. The number of thiazole rings is 1. The molecule has 0 fully saturated rings. The van der Waals surface area contributed by atoms with Crippen molar-refractivity contribution in [1.29, 1.82) is 0 Å². The predicted octanol–water partition coefficient (Wildman–Crippen LogP) is 4.14. The Kier molecular flexibility index (Phi) is 6.73. The Bertz CT molecular complexity index is 1970. The lowest BCUT2D eigenvalue weighted by Gasteiger charge is -2.17. The van der Waals surface area contributed by atoms with Gasteiger partial charge in [-0.3, -0.25) is 19.3 Å². The summed E-state index contributed by atoms with van der Waals surface area (Å²) < 4.78 is 45.9. The molecule has 5 aromatic rings. The number of amides is 2. The van der Waals surface area contributed by atoms with Crippen molar-refractivity contribution in [3.8, 4) is 17.1 Å². The van der Waals surface area contributed by atoms with Crippen LogP contribution in [-0.2, 0) is 15.8 Å². The van der Waals surface area contributed by atoms with Crippen LogP contribution in [0.15, 0.2) is 77.6 Å². The van der Waals surface area contributed by atoms with Gasteiger partial charge in [-0.05, 0) is 55.5 Å². The van der Waals surface area contributed by atoms with E-state index in [9.17, 15) is 27.6 Å². The van der Waals surface area contributed by atoms with Gasteiger partial charge in [-0.15, -0.1) is 5.10 Å². The number of nitrogens with zero attached hydrogens (tertiary/aromatic N) is 4. The lowest BCUT2D eigenvalue weighted by Crippen LogP contribution is -2.37. The second-order valence-corrected chi connectivity index (χ2v) is 10.2. The average molecular weight is 592 g/mol. The van der Waals surface area contributed by atoms with Gasteiger partial charge >= 0.3 is 6.18 Å². The molecule has 1 aliphatic rings. The highest BCUT2D eigenvalue weighted by Crippen LogP contribution is 2.35. The number of para-hydroxylation sites is 1. The first kappa shape index (κ1) is 27.1. The Balaban J connectivity index is 1.32. The molecule has 3 aromatic carbocycles. The first-order valence-electron chi connectivity index (χ1n) is 12.7. The second-order valence-electron chi connectivity index (χ2n) is 9.23. The Morgan fingerprint density at radius 3 is 2.50 bits per heavy atom. The van der Waals surface area contributed by atoms with Gasteiger partial charge in [0.2, 0.25) is 10.9 Å². The van der Waals surface area contributed by atoms with Crippen molar-refractivity contribution in [2.24, 2.45) is 0 Å². The third kappa shape index (κ3) is 4.87. The summed E-state index contributed by atoms with van der Waals surface area (Å²) in [6.07, 6.45) is -4.57. The highest BCUT2D eigenvalue weighted by molar-refractivity contribution is 7.15. The number of hydrogen-bond donors (Lipinski definition) is 1. The molecule has 0 saturated carbocycles. The molecule has 212 valence electrons. The van der Waals surface area contributed by atoms with Gasteiger partial charge in [0, 0.05) is 16.8 Å². The summed E-state index contributed by atoms with van der Waals surface area (Å²) in [5.41, 5.74) is 0.116. The molecule has 2 aromatic heterocycles. The minimum atomic E-state index is -4.57. The van der Waals surface area contributed by atoms with Gasteiger partial charge in [-0.2, -0.15) is 22.7 Å². The van der Waals surface area contributed by atoms with Crippen LogP contribution in [0.25, 0.3) is 21.9 Å². The van der Waals surface area contributed by atoms with E-state index >= 15 is 0 Å². The molecule has 0 atom stereocenters. The molecule has 3 heterocycles. The van der Waals surface area contributed by atoms with Crippen LogP contribution in [0.3, 0.4) is 0 Å². The van der Waals surface area contributed by atoms with E-state index in [1.807, 2.05) is 6.92 Å². The van der Waals surface area contributed by atoms with Gasteiger partial charge < -0.3 is 10.1 Å². The van der Waals surface area contributed by atoms with Crippen LogP contribution >= 0.6 is 11.3 Å². The van der Waals surface area contributed by atoms with Gasteiger partial charge in [0.15, 0.2) is 5.82 Å². The molecule has 0 saturated heterocycles. The van der Waals surface area contributed by atoms with Crippen LogP contribution in [-0.4, -0.2) is 39.6 Å². The summed E-state index contributed by atoms with van der Waals surface area (Å²) in [7, 11) is 0. The zero-order valence-electron chi connectivity index (χ0n) is 21.8. The Hall–Kier alpha value is -5.04. The number of hydrogen-bond acceptors (Lipinski definition) is 7. The van der Waals surface area contributed by atoms with Crippen LogP contribution in [0.1, 0.15) is 18.1 Å². The zero-order valence-corrected chi connectivity index (χ0v) is 22.6. The molecule has 0 aliphatic carbocycles. The number of anilines is 2. The number of ether oxygens (including phenoxy) is 1. The van der Waals surface area contributed by atoms with Gasteiger partial charge in [0.25, 0.3) is 11.5 Å². The van der Waals surface area contributed by atoms with E-state index in [2.05, 4.69) is 15.4 Å². The van der Waals surface area contributed by atoms with Crippen molar-refractivity contribution < 1.29 is 27.5 Å². The number of benzene rings is 3. The smallest absolute Gasteiger partial charge is 0.416 e. The van der Waals surface area contributed by atoms with Crippen molar-refractivity contribution in [3.05, 3.63) is 98.8 Å². The van der Waals surface area contributed by atoms with E-state index < -0.39 is 35.7 Å².